The van der Waals surface area contributed by atoms with Gasteiger partial charge < -0.3 is 14.2 Å². The summed E-state index contributed by atoms with van der Waals surface area (Å²) < 4.78 is 16.8. The first-order valence-corrected chi connectivity index (χ1v) is 27.0. The monoisotopic (exact) mass is 915 g/mol. The molecule has 0 aromatic rings. The number of rotatable bonds is 47. The number of ether oxygens (including phenoxy) is 3. The van der Waals surface area contributed by atoms with Gasteiger partial charge in [0.25, 0.3) is 0 Å². The number of allylic oxidation sites excluding steroid dienone is 18. The molecule has 1 atom stereocenters. The molecule has 0 aliphatic carbocycles. The van der Waals surface area contributed by atoms with Crippen LogP contribution in [-0.2, 0) is 28.6 Å². The second kappa shape index (κ2) is 53.7. The third kappa shape index (κ3) is 51.1. The average molecular weight is 915 g/mol. The summed E-state index contributed by atoms with van der Waals surface area (Å²) in [5.41, 5.74) is 0. The summed E-state index contributed by atoms with van der Waals surface area (Å²) in [6.07, 6.45) is 72.2. The van der Waals surface area contributed by atoms with Crippen molar-refractivity contribution in [1.82, 2.24) is 0 Å². The topological polar surface area (TPSA) is 78.9 Å². The predicted octanol–water partition coefficient (Wildman–Crippen LogP) is 17.9. The summed E-state index contributed by atoms with van der Waals surface area (Å²) in [7, 11) is 0. The van der Waals surface area contributed by atoms with E-state index >= 15 is 0 Å². The van der Waals surface area contributed by atoms with Crippen molar-refractivity contribution < 1.29 is 28.6 Å². The lowest BCUT2D eigenvalue weighted by atomic mass is 10.1. The minimum Gasteiger partial charge on any atom is -0.462 e. The van der Waals surface area contributed by atoms with Crippen LogP contribution >= 0.6 is 0 Å². The third-order valence-electron chi connectivity index (χ3n) is 11.1. The molecule has 0 aliphatic rings. The summed E-state index contributed by atoms with van der Waals surface area (Å²) in [6.45, 7) is 6.32. The smallest absolute Gasteiger partial charge is 0.306 e. The molecule has 0 rings (SSSR count). The van der Waals surface area contributed by atoms with Crippen molar-refractivity contribution in [3.63, 3.8) is 0 Å². The summed E-state index contributed by atoms with van der Waals surface area (Å²) in [5.74, 6) is -0.971. The first kappa shape index (κ1) is 62.1. The molecule has 0 heterocycles. The van der Waals surface area contributed by atoms with Gasteiger partial charge in [-0.05, 0) is 96.3 Å². The van der Waals surface area contributed by atoms with Crippen LogP contribution in [0.3, 0.4) is 0 Å². The molecule has 374 valence electrons. The Balaban J connectivity index is 4.47. The van der Waals surface area contributed by atoms with E-state index in [0.29, 0.717) is 19.3 Å². The highest BCUT2D eigenvalue weighted by atomic mass is 16.6. The molecular weight excluding hydrogens is 817 g/mol. The van der Waals surface area contributed by atoms with E-state index < -0.39 is 6.10 Å². The van der Waals surface area contributed by atoms with Crippen LogP contribution in [0.1, 0.15) is 233 Å². The van der Waals surface area contributed by atoms with Crippen molar-refractivity contribution >= 4 is 17.9 Å². The zero-order valence-corrected chi connectivity index (χ0v) is 42.7. The SMILES string of the molecule is CC\C=C/C=C\C=C/C=C\C=C/CCCCCC(=O)OC(COC(=O)CCCCC/C=C\CCCCCCCCC)COC(=O)CCCCCCCCCCC/C=C\C/C=C\C/C=C\CC. The quantitative estimate of drug-likeness (QED) is 0.0199. The minimum absolute atomic E-state index is 0.105. The summed E-state index contributed by atoms with van der Waals surface area (Å²) >= 11 is 0. The number of esters is 3. The predicted molar refractivity (Wildman–Crippen MR) is 283 cm³/mol. The Morgan fingerprint density at radius 3 is 1.14 bits per heavy atom. The molecule has 0 saturated carbocycles. The normalized spacial score (nSPS) is 13.0. The van der Waals surface area contributed by atoms with E-state index in [1.165, 1.54) is 89.9 Å². The first-order valence-electron chi connectivity index (χ1n) is 27.0. The van der Waals surface area contributed by atoms with Gasteiger partial charge in [-0.1, -0.05) is 226 Å². The molecule has 0 bridgehead atoms. The van der Waals surface area contributed by atoms with Crippen LogP contribution in [0.15, 0.2) is 109 Å². The Morgan fingerprint density at radius 1 is 0.333 bits per heavy atom. The zero-order chi connectivity index (χ0) is 47.9. The zero-order valence-electron chi connectivity index (χ0n) is 42.7. The number of hydrogen-bond acceptors (Lipinski definition) is 6. The lowest BCUT2D eigenvalue weighted by Gasteiger charge is -2.18. The van der Waals surface area contributed by atoms with E-state index in [1.54, 1.807) is 0 Å². The van der Waals surface area contributed by atoms with Gasteiger partial charge >= 0.3 is 17.9 Å². The summed E-state index contributed by atoms with van der Waals surface area (Å²) in [5, 5.41) is 0. The van der Waals surface area contributed by atoms with Gasteiger partial charge in [0.2, 0.25) is 0 Å². The maximum absolute atomic E-state index is 12.8. The molecule has 0 amide bonds. The average Bonchev–Trinajstić information content (AvgIpc) is 3.31. The van der Waals surface area contributed by atoms with Gasteiger partial charge in [-0.15, -0.1) is 0 Å². The number of hydrogen-bond donors (Lipinski definition) is 0. The molecule has 6 heteroatoms. The van der Waals surface area contributed by atoms with Crippen molar-refractivity contribution in [1.29, 1.82) is 0 Å². The lowest BCUT2D eigenvalue weighted by molar-refractivity contribution is -0.167. The van der Waals surface area contributed by atoms with Crippen LogP contribution in [0.2, 0.25) is 0 Å². The number of carbonyl (C=O) groups is 3. The van der Waals surface area contributed by atoms with Crippen LogP contribution in [0.5, 0.6) is 0 Å². The van der Waals surface area contributed by atoms with Gasteiger partial charge in [-0.2, -0.15) is 0 Å². The fraction of sp³-hybridized carbons (Fsp3) is 0.650. The largest absolute Gasteiger partial charge is 0.462 e. The van der Waals surface area contributed by atoms with Crippen LogP contribution < -0.4 is 0 Å². The molecule has 0 aromatic heterocycles. The van der Waals surface area contributed by atoms with Crippen LogP contribution in [0.25, 0.3) is 0 Å². The highest BCUT2D eigenvalue weighted by Gasteiger charge is 2.19. The molecule has 0 radical (unpaired) electrons. The standard InChI is InChI=1S/C60H98O6/c1-4-7-10-13-16-19-22-25-28-29-30-31-33-35-38-41-44-47-50-53-59(62)65-56-57(55-64-58(61)52-49-46-43-40-37-34-27-24-21-18-15-12-9-6-3)66-60(63)54-51-48-45-42-39-36-32-26-23-20-17-14-11-8-5-2/h7-8,10-11,14,16-17,19-20,23,25-26,28,32,34,36-37,39,57H,4-6,9,12-13,15,18,21-22,24,27,29-31,33,35,38,40-56H2,1-3H3/b10-7-,11-8-,17-14-,19-16-,23-20-,28-25-,32-26-,37-34-,39-36-. The van der Waals surface area contributed by atoms with E-state index in [9.17, 15) is 14.4 Å². The molecular formula is C60H98O6. The summed E-state index contributed by atoms with van der Waals surface area (Å²) in [4.78, 5) is 38.1. The van der Waals surface area contributed by atoms with Crippen LogP contribution in [-0.4, -0.2) is 37.2 Å². The Labute approximate surface area is 406 Å². The Kier molecular flexibility index (Phi) is 50.5. The second-order valence-corrected chi connectivity index (χ2v) is 17.5. The van der Waals surface area contributed by atoms with Crippen LogP contribution in [0.4, 0.5) is 0 Å². The van der Waals surface area contributed by atoms with E-state index in [-0.39, 0.29) is 37.5 Å². The Hall–Kier alpha value is -3.93. The molecule has 1 unspecified atom stereocenters. The van der Waals surface area contributed by atoms with Gasteiger partial charge in [0.1, 0.15) is 13.2 Å². The Bertz CT molecular complexity index is 1370. The van der Waals surface area contributed by atoms with Gasteiger partial charge in [0.15, 0.2) is 6.10 Å². The van der Waals surface area contributed by atoms with Crippen LogP contribution in [0, 0.1) is 0 Å². The highest BCUT2D eigenvalue weighted by Crippen LogP contribution is 2.14. The van der Waals surface area contributed by atoms with Crippen molar-refractivity contribution in [2.75, 3.05) is 13.2 Å². The van der Waals surface area contributed by atoms with Gasteiger partial charge in [0.05, 0.1) is 0 Å². The maximum Gasteiger partial charge on any atom is 0.306 e. The van der Waals surface area contributed by atoms with E-state index in [2.05, 4.69) is 81.5 Å². The van der Waals surface area contributed by atoms with Gasteiger partial charge in [0, 0.05) is 19.3 Å². The molecule has 0 N–H and O–H groups in total. The second-order valence-electron chi connectivity index (χ2n) is 17.5. The van der Waals surface area contributed by atoms with Crippen molar-refractivity contribution in [3.8, 4) is 0 Å². The molecule has 0 aromatic carbocycles. The number of carbonyl (C=O) groups excluding carboxylic acids is 3. The highest BCUT2D eigenvalue weighted by molar-refractivity contribution is 5.71. The fourth-order valence-corrected chi connectivity index (χ4v) is 7.12. The lowest BCUT2D eigenvalue weighted by Crippen LogP contribution is -2.30. The molecule has 0 fully saturated rings. The third-order valence-corrected chi connectivity index (χ3v) is 11.1. The van der Waals surface area contributed by atoms with Crippen molar-refractivity contribution in [3.05, 3.63) is 109 Å². The van der Waals surface area contributed by atoms with Crippen molar-refractivity contribution in [2.45, 2.75) is 239 Å². The molecule has 66 heavy (non-hydrogen) atoms. The molecule has 0 aliphatic heterocycles. The maximum atomic E-state index is 12.8. The molecule has 0 spiro atoms. The first-order chi connectivity index (χ1) is 32.5. The van der Waals surface area contributed by atoms with Gasteiger partial charge in [-0.3, -0.25) is 14.4 Å². The van der Waals surface area contributed by atoms with Gasteiger partial charge in [-0.25, -0.2) is 0 Å². The minimum atomic E-state index is -0.810. The number of unbranched alkanes of at least 4 members (excludes halogenated alkanes) is 22. The van der Waals surface area contributed by atoms with Crippen molar-refractivity contribution in [2.24, 2.45) is 0 Å². The molecule has 6 nitrogen and oxygen atoms in total. The van der Waals surface area contributed by atoms with E-state index in [4.69, 9.17) is 14.2 Å². The van der Waals surface area contributed by atoms with E-state index in [0.717, 1.165) is 96.3 Å². The summed E-state index contributed by atoms with van der Waals surface area (Å²) in [6, 6.07) is 0. The Morgan fingerprint density at radius 2 is 0.667 bits per heavy atom. The molecule has 0 saturated heterocycles. The fourth-order valence-electron chi connectivity index (χ4n) is 7.12. The van der Waals surface area contributed by atoms with E-state index in [1.807, 2.05) is 48.6 Å².